The van der Waals surface area contributed by atoms with Crippen molar-refractivity contribution >= 4 is 29.4 Å². The van der Waals surface area contributed by atoms with Crippen LogP contribution < -0.4 is 10.1 Å². The quantitative estimate of drug-likeness (QED) is 0.840. The van der Waals surface area contributed by atoms with Crippen molar-refractivity contribution in [1.82, 2.24) is 5.32 Å². The summed E-state index contributed by atoms with van der Waals surface area (Å²) in [6.07, 6.45) is 0. The molecule has 126 valence electrons. The number of hydrogen-bond acceptors (Lipinski definition) is 4. The van der Waals surface area contributed by atoms with Crippen molar-refractivity contribution in [3.8, 4) is 5.75 Å². The molecule has 0 unspecified atom stereocenters. The van der Waals surface area contributed by atoms with Gasteiger partial charge in [-0.25, -0.2) is 0 Å². The molecule has 0 spiro atoms. The van der Waals surface area contributed by atoms with Crippen LogP contribution in [0.4, 0.5) is 0 Å². The highest BCUT2D eigenvalue weighted by molar-refractivity contribution is 8.19. The van der Waals surface area contributed by atoms with Crippen molar-refractivity contribution in [3.05, 3.63) is 65.2 Å². The number of rotatable bonds is 6. The number of hydrogen-bond donors (Lipinski definition) is 1. The van der Waals surface area contributed by atoms with E-state index >= 15 is 0 Å². The van der Waals surface area contributed by atoms with Gasteiger partial charge in [0.1, 0.15) is 5.75 Å². The predicted molar refractivity (Wildman–Crippen MR) is 103 cm³/mol. The summed E-state index contributed by atoms with van der Waals surface area (Å²) in [5, 5.41) is 2.90. The lowest BCUT2D eigenvalue weighted by atomic mass is 10.1. The number of carbonyl (C=O) groups is 1. The molecule has 1 heterocycles. The summed E-state index contributed by atoms with van der Waals surface area (Å²) in [6.45, 7) is 2.61. The van der Waals surface area contributed by atoms with Crippen LogP contribution in [0.15, 0.2) is 48.5 Å². The fourth-order valence-corrected chi connectivity index (χ4v) is 5.33. The number of ether oxygens (including phenoxy) is 1. The Hall–Kier alpha value is -1.59. The molecule has 5 heteroatoms. The molecule has 0 saturated carbocycles. The Morgan fingerprint density at radius 2 is 1.83 bits per heavy atom. The van der Waals surface area contributed by atoms with Crippen LogP contribution in [-0.2, 0) is 11.3 Å². The van der Waals surface area contributed by atoms with E-state index in [1.54, 1.807) is 0 Å². The molecule has 1 fully saturated rings. The zero-order valence-electron chi connectivity index (χ0n) is 13.7. The van der Waals surface area contributed by atoms with Crippen LogP contribution in [0.1, 0.15) is 21.3 Å². The van der Waals surface area contributed by atoms with E-state index in [-0.39, 0.29) is 12.5 Å². The summed E-state index contributed by atoms with van der Waals surface area (Å²) < 4.78 is 6.12. The fraction of sp³-hybridized carbons (Fsp3) is 0.316. The Morgan fingerprint density at radius 3 is 2.54 bits per heavy atom. The summed E-state index contributed by atoms with van der Waals surface area (Å²) in [5.74, 6) is 3.06. The topological polar surface area (TPSA) is 38.3 Å². The van der Waals surface area contributed by atoms with E-state index in [4.69, 9.17) is 4.74 Å². The van der Waals surface area contributed by atoms with Gasteiger partial charge in [0.2, 0.25) is 0 Å². The van der Waals surface area contributed by atoms with Crippen LogP contribution >= 0.6 is 23.5 Å². The van der Waals surface area contributed by atoms with E-state index < -0.39 is 0 Å². The smallest absolute Gasteiger partial charge is 0.258 e. The molecule has 0 radical (unpaired) electrons. The monoisotopic (exact) mass is 359 g/mol. The van der Waals surface area contributed by atoms with Crippen LogP contribution in [0.25, 0.3) is 0 Å². The van der Waals surface area contributed by atoms with Gasteiger partial charge in [0.25, 0.3) is 5.91 Å². The van der Waals surface area contributed by atoms with Crippen molar-refractivity contribution in [2.75, 3.05) is 18.1 Å². The van der Waals surface area contributed by atoms with Gasteiger partial charge in [-0.15, -0.1) is 23.5 Å². The molecular weight excluding hydrogens is 338 g/mol. The molecule has 24 heavy (non-hydrogen) atoms. The average Bonchev–Trinajstić information content (AvgIpc) is 3.14. The van der Waals surface area contributed by atoms with Gasteiger partial charge < -0.3 is 10.1 Å². The molecule has 1 amide bonds. The molecule has 3 rings (SSSR count). The normalized spacial score (nSPS) is 14.5. The first kappa shape index (κ1) is 17.2. The summed E-state index contributed by atoms with van der Waals surface area (Å²) >= 11 is 3.97. The van der Waals surface area contributed by atoms with E-state index in [9.17, 15) is 4.79 Å². The summed E-state index contributed by atoms with van der Waals surface area (Å²) in [6, 6.07) is 16.1. The maximum atomic E-state index is 11.9. The lowest BCUT2D eigenvalue weighted by Crippen LogP contribution is -2.28. The molecule has 1 aliphatic rings. The first-order valence-corrected chi connectivity index (χ1v) is 10.1. The van der Waals surface area contributed by atoms with E-state index in [0.29, 0.717) is 11.1 Å². The van der Waals surface area contributed by atoms with E-state index in [1.807, 2.05) is 66.8 Å². The van der Waals surface area contributed by atoms with Gasteiger partial charge in [0, 0.05) is 18.1 Å². The summed E-state index contributed by atoms with van der Waals surface area (Å²) in [4.78, 5) is 11.9. The van der Waals surface area contributed by atoms with Crippen LogP contribution in [-0.4, -0.2) is 24.0 Å². The van der Waals surface area contributed by atoms with Crippen molar-refractivity contribution in [3.63, 3.8) is 0 Å². The Bertz CT molecular complexity index is 682. The van der Waals surface area contributed by atoms with Gasteiger partial charge in [0.05, 0.1) is 4.58 Å². The predicted octanol–water partition coefficient (Wildman–Crippen LogP) is 4.17. The second-order valence-electron chi connectivity index (χ2n) is 5.63. The maximum Gasteiger partial charge on any atom is 0.258 e. The van der Waals surface area contributed by atoms with E-state index in [0.717, 1.165) is 11.3 Å². The highest BCUT2D eigenvalue weighted by Gasteiger charge is 2.17. The summed E-state index contributed by atoms with van der Waals surface area (Å²) in [5.41, 5.74) is 3.62. The molecule has 1 aliphatic heterocycles. The number of carbonyl (C=O) groups excluding carboxylic acids is 1. The van der Waals surface area contributed by atoms with Crippen LogP contribution in [0.3, 0.4) is 0 Å². The first-order chi connectivity index (χ1) is 11.7. The van der Waals surface area contributed by atoms with Crippen LogP contribution in [0, 0.1) is 6.92 Å². The Kier molecular flexibility index (Phi) is 6.10. The number of benzene rings is 2. The van der Waals surface area contributed by atoms with Gasteiger partial charge in [-0.05, 0) is 35.7 Å². The zero-order valence-corrected chi connectivity index (χ0v) is 15.3. The van der Waals surface area contributed by atoms with Crippen molar-refractivity contribution in [2.24, 2.45) is 0 Å². The Labute approximate surface area is 151 Å². The molecule has 2 aromatic rings. The Morgan fingerprint density at radius 1 is 1.12 bits per heavy atom. The second-order valence-corrected chi connectivity index (χ2v) is 8.36. The van der Waals surface area contributed by atoms with Gasteiger partial charge in [-0.1, -0.05) is 36.4 Å². The number of nitrogens with one attached hydrogen (secondary N) is 1. The second kappa shape index (κ2) is 8.49. The zero-order chi connectivity index (χ0) is 16.8. The fourth-order valence-electron chi connectivity index (χ4n) is 2.47. The minimum atomic E-state index is -0.107. The third-order valence-corrected chi connectivity index (χ3v) is 6.99. The molecule has 0 bridgehead atoms. The summed E-state index contributed by atoms with van der Waals surface area (Å²) in [7, 11) is 0. The van der Waals surface area contributed by atoms with E-state index in [1.165, 1.54) is 22.6 Å². The minimum absolute atomic E-state index is 0.0398. The first-order valence-electron chi connectivity index (χ1n) is 7.99. The van der Waals surface area contributed by atoms with Gasteiger partial charge >= 0.3 is 0 Å². The van der Waals surface area contributed by atoms with Crippen LogP contribution in [0.2, 0.25) is 0 Å². The molecule has 3 nitrogen and oxygen atoms in total. The SMILES string of the molecule is Cc1ccccc1CNC(=O)COc1ccc(C2SCCS2)cc1. The molecule has 2 aromatic carbocycles. The lowest BCUT2D eigenvalue weighted by Gasteiger charge is -2.11. The molecule has 0 aliphatic carbocycles. The maximum absolute atomic E-state index is 11.9. The molecule has 0 aromatic heterocycles. The third-order valence-electron chi connectivity index (χ3n) is 3.88. The number of amides is 1. The third kappa shape index (κ3) is 4.71. The van der Waals surface area contributed by atoms with Crippen molar-refractivity contribution in [1.29, 1.82) is 0 Å². The van der Waals surface area contributed by atoms with Gasteiger partial charge in [0.15, 0.2) is 6.61 Å². The van der Waals surface area contributed by atoms with Crippen LogP contribution in [0.5, 0.6) is 5.75 Å². The van der Waals surface area contributed by atoms with Gasteiger partial charge in [-0.3, -0.25) is 4.79 Å². The Balaban J connectivity index is 1.45. The van der Waals surface area contributed by atoms with E-state index in [2.05, 4.69) is 17.4 Å². The standard InChI is InChI=1S/C19H21NO2S2/c1-14-4-2-3-5-16(14)12-20-18(21)13-22-17-8-6-15(7-9-17)19-23-10-11-24-19/h2-9,19H,10-13H2,1H3,(H,20,21). The number of thioether (sulfide) groups is 2. The highest BCUT2D eigenvalue weighted by Crippen LogP contribution is 2.45. The molecular formula is C19H21NO2S2. The average molecular weight is 360 g/mol. The largest absolute Gasteiger partial charge is 0.484 e. The molecule has 1 saturated heterocycles. The van der Waals surface area contributed by atoms with Gasteiger partial charge in [-0.2, -0.15) is 0 Å². The highest BCUT2D eigenvalue weighted by atomic mass is 32.2. The van der Waals surface area contributed by atoms with Crippen molar-refractivity contribution < 1.29 is 9.53 Å². The molecule has 1 N–H and O–H groups in total. The lowest BCUT2D eigenvalue weighted by molar-refractivity contribution is -0.123. The number of aryl methyl sites for hydroxylation is 1. The minimum Gasteiger partial charge on any atom is -0.484 e. The van der Waals surface area contributed by atoms with Crippen molar-refractivity contribution in [2.45, 2.75) is 18.1 Å². The molecule has 0 atom stereocenters.